The maximum Gasteiger partial charge on any atom is 0.243 e. The number of carbonyl (C=O) groups excluding carboxylic acids is 1. The van der Waals surface area contributed by atoms with Crippen LogP contribution in [0.4, 0.5) is 0 Å². The summed E-state index contributed by atoms with van der Waals surface area (Å²) >= 11 is 0. The van der Waals surface area contributed by atoms with Crippen molar-refractivity contribution in [3.05, 3.63) is 64.7 Å². The Bertz CT molecular complexity index is 993. The molecule has 1 heterocycles. The standard InChI is InChI=1S/C23H30N2O3S/c1-16-9-10-21(15-18(16)3)29(27,28)25-13-11-20(12-14-25)23(26)24-19(4)22-8-6-5-7-17(22)2/h5-10,15,19-20H,11-14H2,1-4H3,(H,24,26). The molecule has 0 aliphatic carbocycles. The minimum Gasteiger partial charge on any atom is -0.349 e. The lowest BCUT2D eigenvalue weighted by Gasteiger charge is -2.31. The number of amides is 1. The lowest BCUT2D eigenvalue weighted by Crippen LogP contribution is -2.43. The highest BCUT2D eigenvalue weighted by atomic mass is 32.2. The first-order valence-electron chi connectivity index (χ1n) is 10.1. The van der Waals surface area contributed by atoms with Crippen molar-refractivity contribution in [2.75, 3.05) is 13.1 Å². The third kappa shape index (κ3) is 4.70. The molecule has 0 aromatic heterocycles. The first-order chi connectivity index (χ1) is 13.7. The van der Waals surface area contributed by atoms with Gasteiger partial charge in [-0.3, -0.25) is 4.79 Å². The second-order valence-electron chi connectivity index (χ2n) is 8.01. The van der Waals surface area contributed by atoms with Gasteiger partial charge in [-0.15, -0.1) is 0 Å². The van der Waals surface area contributed by atoms with E-state index in [0.29, 0.717) is 30.8 Å². The average Bonchev–Trinajstić information content (AvgIpc) is 2.70. The molecule has 6 heteroatoms. The topological polar surface area (TPSA) is 66.5 Å². The Morgan fingerprint density at radius 3 is 2.28 bits per heavy atom. The molecule has 1 saturated heterocycles. The number of carbonyl (C=O) groups is 1. The van der Waals surface area contributed by atoms with E-state index in [1.54, 1.807) is 12.1 Å². The number of benzene rings is 2. The van der Waals surface area contributed by atoms with Crippen molar-refractivity contribution >= 4 is 15.9 Å². The van der Waals surface area contributed by atoms with E-state index < -0.39 is 10.0 Å². The Labute approximate surface area is 174 Å². The predicted molar refractivity (Wildman–Crippen MR) is 115 cm³/mol. The van der Waals surface area contributed by atoms with Gasteiger partial charge in [-0.25, -0.2) is 8.42 Å². The molecule has 29 heavy (non-hydrogen) atoms. The van der Waals surface area contributed by atoms with Crippen LogP contribution in [-0.4, -0.2) is 31.7 Å². The summed E-state index contributed by atoms with van der Waals surface area (Å²) < 4.78 is 27.4. The van der Waals surface area contributed by atoms with Crippen molar-refractivity contribution < 1.29 is 13.2 Å². The van der Waals surface area contributed by atoms with Crippen molar-refractivity contribution in [3.63, 3.8) is 0 Å². The Morgan fingerprint density at radius 1 is 1.00 bits per heavy atom. The van der Waals surface area contributed by atoms with Crippen LogP contribution in [0.25, 0.3) is 0 Å². The third-order valence-corrected chi connectivity index (χ3v) is 7.85. The van der Waals surface area contributed by atoms with Gasteiger partial charge in [0.05, 0.1) is 10.9 Å². The second-order valence-corrected chi connectivity index (χ2v) is 9.95. The first-order valence-corrected chi connectivity index (χ1v) is 11.6. The van der Waals surface area contributed by atoms with Crippen LogP contribution in [0.1, 0.15) is 48.1 Å². The molecule has 0 radical (unpaired) electrons. The maximum absolute atomic E-state index is 13.0. The number of hydrogen-bond acceptors (Lipinski definition) is 3. The highest BCUT2D eigenvalue weighted by molar-refractivity contribution is 7.89. The Hall–Kier alpha value is -2.18. The molecule has 1 amide bonds. The largest absolute Gasteiger partial charge is 0.349 e. The van der Waals surface area contributed by atoms with E-state index in [2.05, 4.69) is 5.32 Å². The number of nitrogens with one attached hydrogen (secondary N) is 1. The molecule has 2 aromatic rings. The zero-order chi connectivity index (χ0) is 21.2. The van der Waals surface area contributed by atoms with Crippen molar-refractivity contribution in [1.82, 2.24) is 9.62 Å². The van der Waals surface area contributed by atoms with E-state index in [-0.39, 0.29) is 17.9 Å². The molecule has 0 saturated carbocycles. The van der Waals surface area contributed by atoms with Gasteiger partial charge < -0.3 is 5.32 Å². The summed E-state index contributed by atoms with van der Waals surface area (Å²) in [5.74, 6) is -0.156. The molecular weight excluding hydrogens is 384 g/mol. The van der Waals surface area contributed by atoms with E-state index in [9.17, 15) is 13.2 Å². The van der Waals surface area contributed by atoms with E-state index in [1.807, 2.05) is 58.0 Å². The van der Waals surface area contributed by atoms with Gasteiger partial charge in [0, 0.05) is 19.0 Å². The van der Waals surface area contributed by atoms with Crippen molar-refractivity contribution in [2.45, 2.75) is 51.5 Å². The van der Waals surface area contributed by atoms with Crippen LogP contribution in [0, 0.1) is 26.7 Å². The van der Waals surface area contributed by atoms with Gasteiger partial charge in [-0.05, 0) is 74.9 Å². The smallest absolute Gasteiger partial charge is 0.243 e. The molecule has 1 N–H and O–H groups in total. The summed E-state index contributed by atoms with van der Waals surface area (Å²) in [5, 5.41) is 3.10. The number of sulfonamides is 1. The van der Waals surface area contributed by atoms with Gasteiger partial charge in [0.25, 0.3) is 0 Å². The molecule has 3 rings (SSSR count). The van der Waals surface area contributed by atoms with Gasteiger partial charge in [0.15, 0.2) is 0 Å². The number of rotatable bonds is 5. The summed E-state index contributed by atoms with van der Waals surface area (Å²) in [6, 6.07) is 13.2. The molecular formula is C23H30N2O3S. The zero-order valence-electron chi connectivity index (χ0n) is 17.6. The van der Waals surface area contributed by atoms with Crippen LogP contribution in [0.2, 0.25) is 0 Å². The number of aryl methyl sites for hydroxylation is 3. The van der Waals surface area contributed by atoms with E-state index in [4.69, 9.17) is 0 Å². The molecule has 5 nitrogen and oxygen atoms in total. The minimum absolute atomic E-state index is 0.00369. The Balaban J connectivity index is 1.61. The molecule has 1 fully saturated rings. The molecule has 0 spiro atoms. The SMILES string of the molecule is Cc1ccc(S(=O)(=O)N2CCC(C(=O)NC(C)c3ccccc3C)CC2)cc1C. The normalized spacial score (nSPS) is 17.1. The summed E-state index contributed by atoms with van der Waals surface area (Å²) in [5.41, 5.74) is 4.29. The molecule has 1 aliphatic rings. The first kappa shape index (κ1) is 21.5. The average molecular weight is 415 g/mol. The Kier molecular flexibility index (Phi) is 6.44. The fourth-order valence-corrected chi connectivity index (χ4v) is 5.42. The monoisotopic (exact) mass is 414 g/mol. The highest BCUT2D eigenvalue weighted by Crippen LogP contribution is 2.26. The van der Waals surface area contributed by atoms with Crippen LogP contribution in [0.15, 0.2) is 47.4 Å². The van der Waals surface area contributed by atoms with Crippen molar-refractivity contribution in [2.24, 2.45) is 5.92 Å². The van der Waals surface area contributed by atoms with Crippen molar-refractivity contribution in [1.29, 1.82) is 0 Å². The second kappa shape index (κ2) is 8.67. The van der Waals surface area contributed by atoms with Gasteiger partial charge in [-0.2, -0.15) is 4.31 Å². The lowest BCUT2D eigenvalue weighted by atomic mass is 9.96. The van der Waals surface area contributed by atoms with Crippen LogP contribution in [0.5, 0.6) is 0 Å². The summed E-state index contributed by atoms with van der Waals surface area (Å²) in [4.78, 5) is 13.1. The molecule has 1 atom stereocenters. The Morgan fingerprint density at radius 2 is 1.66 bits per heavy atom. The van der Waals surface area contributed by atoms with Gasteiger partial charge in [-0.1, -0.05) is 30.3 Å². The summed E-state index contributed by atoms with van der Waals surface area (Å²) in [6.45, 7) is 8.64. The van der Waals surface area contributed by atoms with Crippen LogP contribution in [-0.2, 0) is 14.8 Å². The highest BCUT2D eigenvalue weighted by Gasteiger charge is 2.32. The third-order valence-electron chi connectivity index (χ3n) is 5.95. The van der Waals surface area contributed by atoms with Crippen molar-refractivity contribution in [3.8, 4) is 0 Å². The van der Waals surface area contributed by atoms with E-state index in [1.165, 1.54) is 4.31 Å². The summed E-state index contributed by atoms with van der Waals surface area (Å²) in [7, 11) is -3.52. The molecule has 1 aliphatic heterocycles. The van der Waals surface area contributed by atoms with Gasteiger partial charge in [0.1, 0.15) is 0 Å². The molecule has 156 valence electrons. The van der Waals surface area contributed by atoms with E-state index in [0.717, 1.165) is 22.3 Å². The van der Waals surface area contributed by atoms with Crippen LogP contribution >= 0.6 is 0 Å². The fraction of sp³-hybridized carbons (Fsp3) is 0.435. The zero-order valence-corrected chi connectivity index (χ0v) is 18.4. The van der Waals surface area contributed by atoms with Crippen LogP contribution in [0.3, 0.4) is 0 Å². The minimum atomic E-state index is -3.52. The van der Waals surface area contributed by atoms with Gasteiger partial charge in [0.2, 0.25) is 15.9 Å². The van der Waals surface area contributed by atoms with Crippen LogP contribution < -0.4 is 5.32 Å². The molecule has 1 unspecified atom stereocenters. The number of hydrogen-bond donors (Lipinski definition) is 1. The number of piperidine rings is 1. The van der Waals surface area contributed by atoms with Gasteiger partial charge >= 0.3 is 0 Å². The number of nitrogens with zero attached hydrogens (tertiary/aromatic N) is 1. The molecule has 2 aromatic carbocycles. The lowest BCUT2D eigenvalue weighted by molar-refractivity contribution is -0.126. The fourth-order valence-electron chi connectivity index (χ4n) is 3.86. The molecule has 0 bridgehead atoms. The predicted octanol–water partition coefficient (Wildman–Crippen LogP) is 3.89. The summed E-state index contributed by atoms with van der Waals surface area (Å²) in [6.07, 6.45) is 1.08. The maximum atomic E-state index is 13.0. The quantitative estimate of drug-likeness (QED) is 0.807. The van der Waals surface area contributed by atoms with E-state index >= 15 is 0 Å².